The van der Waals surface area contributed by atoms with Crippen LogP contribution in [0.5, 0.6) is 0 Å². The van der Waals surface area contributed by atoms with Gasteiger partial charge in [0.1, 0.15) is 0 Å². The summed E-state index contributed by atoms with van der Waals surface area (Å²) < 4.78 is 43.0. The van der Waals surface area contributed by atoms with E-state index in [1.165, 1.54) is 24.3 Å². The quantitative estimate of drug-likeness (QED) is 0.305. The van der Waals surface area contributed by atoms with Crippen molar-refractivity contribution >= 4 is 22.4 Å². The zero-order chi connectivity index (χ0) is 22.5. The van der Waals surface area contributed by atoms with Gasteiger partial charge in [-0.15, -0.1) is 5.10 Å². The van der Waals surface area contributed by atoms with Gasteiger partial charge >= 0.3 is 6.18 Å². The zero-order valence-electron chi connectivity index (χ0n) is 15.9. The summed E-state index contributed by atoms with van der Waals surface area (Å²) in [5.41, 5.74) is -0.859. The summed E-state index contributed by atoms with van der Waals surface area (Å²) in [6.07, 6.45) is -4.73. The van der Waals surface area contributed by atoms with Crippen LogP contribution in [0.2, 0.25) is 0 Å². The number of rotatable bonds is 3. The molecule has 0 bridgehead atoms. The van der Waals surface area contributed by atoms with Crippen LogP contribution in [0.3, 0.4) is 0 Å². The molecule has 0 fully saturated rings. The van der Waals surface area contributed by atoms with Crippen LogP contribution in [0, 0.1) is 10.1 Å². The van der Waals surface area contributed by atoms with Crippen LogP contribution in [0.4, 0.5) is 18.9 Å². The first-order chi connectivity index (χ1) is 15.3. The van der Waals surface area contributed by atoms with E-state index in [0.29, 0.717) is 5.56 Å². The Bertz CT molecular complexity index is 1500. The number of hydrogen-bond acceptors (Lipinski definition) is 7. The van der Waals surface area contributed by atoms with Crippen molar-refractivity contribution in [3.63, 3.8) is 0 Å². The molecule has 5 rings (SSSR count). The second-order valence-electron chi connectivity index (χ2n) is 6.77. The minimum atomic E-state index is -4.73. The van der Waals surface area contributed by atoms with Crippen molar-refractivity contribution in [3.05, 3.63) is 76.3 Å². The molecule has 0 N–H and O–H groups in total. The van der Waals surface area contributed by atoms with Gasteiger partial charge in [-0.1, -0.05) is 42.5 Å². The molecular formula is C20H10F3N7O2. The third-order valence-electron chi connectivity index (χ3n) is 4.80. The predicted molar refractivity (Wildman–Crippen MR) is 106 cm³/mol. The second kappa shape index (κ2) is 7.04. The molecule has 0 aliphatic rings. The van der Waals surface area contributed by atoms with Crippen molar-refractivity contribution < 1.29 is 18.1 Å². The number of benzene rings is 2. The predicted octanol–water partition coefficient (Wildman–Crippen LogP) is 4.33. The van der Waals surface area contributed by atoms with Gasteiger partial charge in [0, 0.05) is 23.3 Å². The molecule has 0 atom stereocenters. The molecule has 158 valence electrons. The number of alkyl halides is 3. The molecule has 0 aliphatic carbocycles. The summed E-state index contributed by atoms with van der Waals surface area (Å²) in [7, 11) is 0. The van der Waals surface area contributed by atoms with Crippen LogP contribution in [-0.4, -0.2) is 34.9 Å². The highest BCUT2D eigenvalue weighted by atomic mass is 19.4. The van der Waals surface area contributed by atoms with Crippen LogP contribution in [0.1, 0.15) is 5.56 Å². The van der Waals surface area contributed by atoms with E-state index in [-0.39, 0.29) is 39.4 Å². The van der Waals surface area contributed by atoms with E-state index >= 15 is 0 Å². The molecule has 12 heteroatoms. The topological polar surface area (TPSA) is 112 Å². The van der Waals surface area contributed by atoms with Gasteiger partial charge in [0.05, 0.1) is 21.6 Å². The molecule has 0 amide bonds. The van der Waals surface area contributed by atoms with Gasteiger partial charge in [-0.3, -0.25) is 10.1 Å². The Morgan fingerprint density at radius 3 is 2.41 bits per heavy atom. The smallest absolute Gasteiger partial charge is 0.258 e. The van der Waals surface area contributed by atoms with Crippen molar-refractivity contribution in [1.82, 2.24) is 30.0 Å². The van der Waals surface area contributed by atoms with Gasteiger partial charge in [-0.25, -0.2) is 9.97 Å². The number of nitro benzene ring substituents is 1. The van der Waals surface area contributed by atoms with E-state index in [0.717, 1.165) is 10.6 Å². The first kappa shape index (κ1) is 19.5. The Morgan fingerprint density at radius 2 is 1.69 bits per heavy atom. The highest BCUT2D eigenvalue weighted by molar-refractivity contribution is 5.95. The van der Waals surface area contributed by atoms with Gasteiger partial charge < -0.3 is 0 Å². The Labute approximate surface area is 176 Å². The van der Waals surface area contributed by atoms with Crippen molar-refractivity contribution in [1.29, 1.82) is 0 Å². The number of halogens is 3. The molecule has 0 saturated heterocycles. The number of nitro groups is 1. The number of tetrazole rings is 1. The lowest BCUT2D eigenvalue weighted by Crippen LogP contribution is -2.10. The average Bonchev–Trinajstić information content (AvgIpc) is 3.28. The van der Waals surface area contributed by atoms with Gasteiger partial charge in [-0.2, -0.15) is 17.7 Å². The molecule has 9 nitrogen and oxygen atoms in total. The maximum Gasteiger partial charge on any atom is 0.417 e. The van der Waals surface area contributed by atoms with Gasteiger partial charge in [0.25, 0.3) is 5.69 Å². The number of aromatic nitrogens is 6. The van der Waals surface area contributed by atoms with Crippen molar-refractivity contribution in [3.8, 4) is 22.6 Å². The van der Waals surface area contributed by atoms with E-state index < -0.39 is 16.7 Å². The monoisotopic (exact) mass is 437 g/mol. The second-order valence-corrected chi connectivity index (χ2v) is 6.77. The number of hydrogen-bond donors (Lipinski definition) is 0. The minimum absolute atomic E-state index is 0.0204. The Balaban J connectivity index is 1.88. The summed E-state index contributed by atoms with van der Waals surface area (Å²) in [5, 5.41) is 21.8. The van der Waals surface area contributed by atoms with Gasteiger partial charge in [-0.05, 0) is 16.5 Å². The summed E-state index contributed by atoms with van der Waals surface area (Å²) in [6, 6.07) is 14.8. The summed E-state index contributed by atoms with van der Waals surface area (Å²) >= 11 is 0. The van der Waals surface area contributed by atoms with Crippen molar-refractivity contribution in [2.75, 3.05) is 0 Å². The number of pyridine rings is 1. The van der Waals surface area contributed by atoms with Crippen LogP contribution < -0.4 is 0 Å². The first-order valence-corrected chi connectivity index (χ1v) is 9.13. The lowest BCUT2D eigenvalue weighted by molar-refractivity contribution is -0.384. The van der Waals surface area contributed by atoms with E-state index in [1.54, 1.807) is 30.3 Å². The fourth-order valence-corrected chi connectivity index (χ4v) is 3.39. The Kier molecular flexibility index (Phi) is 4.29. The van der Waals surface area contributed by atoms with Crippen molar-refractivity contribution in [2.24, 2.45) is 0 Å². The number of fused-ring (bicyclic) bond motifs is 3. The number of nitrogens with zero attached hydrogens (tertiary/aromatic N) is 7. The van der Waals surface area contributed by atoms with Crippen LogP contribution in [0.15, 0.2) is 60.7 Å². The van der Waals surface area contributed by atoms with Gasteiger partial charge in [0.15, 0.2) is 17.1 Å². The van der Waals surface area contributed by atoms with Crippen LogP contribution >= 0.6 is 0 Å². The third kappa shape index (κ3) is 3.17. The molecule has 0 radical (unpaired) electrons. The Morgan fingerprint density at radius 1 is 0.938 bits per heavy atom. The van der Waals surface area contributed by atoms with Crippen molar-refractivity contribution in [2.45, 2.75) is 6.18 Å². The molecule has 0 spiro atoms. The third-order valence-corrected chi connectivity index (χ3v) is 4.80. The molecule has 3 aromatic heterocycles. The Hall–Kier alpha value is -4.48. The fourth-order valence-electron chi connectivity index (χ4n) is 3.39. The number of non-ortho nitro benzene ring substituents is 1. The lowest BCUT2D eigenvalue weighted by Gasteiger charge is -2.14. The highest BCUT2D eigenvalue weighted by Crippen LogP contribution is 2.38. The molecule has 0 saturated carbocycles. The molecule has 0 aliphatic heterocycles. The molecule has 2 aromatic carbocycles. The lowest BCUT2D eigenvalue weighted by atomic mass is 10.1. The fraction of sp³-hybridized carbons (Fsp3) is 0.0500. The molecule has 0 unspecified atom stereocenters. The SMILES string of the molecule is O=[N+]([O-])c1cccc(-c2nc3nc(-c4ccccc4)cc(C(F)(F)F)c3c3nnnn23)c1. The van der Waals surface area contributed by atoms with Crippen LogP contribution in [-0.2, 0) is 6.18 Å². The maximum absolute atomic E-state index is 14.0. The van der Waals surface area contributed by atoms with E-state index in [2.05, 4.69) is 25.5 Å². The summed E-state index contributed by atoms with van der Waals surface area (Å²) in [4.78, 5) is 19.2. The van der Waals surface area contributed by atoms with E-state index in [4.69, 9.17) is 0 Å². The highest BCUT2D eigenvalue weighted by Gasteiger charge is 2.36. The molecular weight excluding hydrogens is 427 g/mol. The van der Waals surface area contributed by atoms with Crippen LogP contribution in [0.25, 0.3) is 39.3 Å². The van der Waals surface area contributed by atoms with E-state index in [1.807, 2.05) is 0 Å². The van der Waals surface area contributed by atoms with E-state index in [9.17, 15) is 23.3 Å². The normalized spacial score (nSPS) is 11.8. The maximum atomic E-state index is 14.0. The summed E-state index contributed by atoms with van der Waals surface area (Å²) in [6.45, 7) is 0. The average molecular weight is 437 g/mol. The largest absolute Gasteiger partial charge is 0.417 e. The zero-order valence-corrected chi connectivity index (χ0v) is 15.9. The molecule has 5 aromatic rings. The standard InChI is InChI=1S/C20H10F3N7O2/c21-20(22,23)14-10-15(11-5-2-1-3-6-11)24-17-16(14)19-26-27-28-29(19)18(25-17)12-7-4-8-13(9-12)30(31)32/h1-10H. The van der Waals surface area contributed by atoms with Gasteiger partial charge in [0.2, 0.25) is 0 Å². The first-order valence-electron chi connectivity index (χ1n) is 9.13. The molecule has 32 heavy (non-hydrogen) atoms. The minimum Gasteiger partial charge on any atom is -0.258 e. The summed E-state index contributed by atoms with van der Waals surface area (Å²) in [5.74, 6) is 0.0204. The molecule has 3 heterocycles.